The van der Waals surface area contributed by atoms with Crippen molar-refractivity contribution in [2.75, 3.05) is 16.2 Å². The number of rotatable bonds is 6. The quantitative estimate of drug-likeness (QED) is 0.615. The monoisotopic (exact) mass is 451 g/mol. The SMILES string of the molecule is CCC(C)n1cc2cc(-c3cccc(N(S(C)(=O)=O)S(C)(=O)=O)c3)nc(C)c2c1O. The maximum absolute atomic E-state index is 12.1. The van der Waals surface area contributed by atoms with E-state index in [1.807, 2.05) is 20.0 Å². The van der Waals surface area contributed by atoms with Gasteiger partial charge in [0.05, 0.1) is 35.0 Å². The van der Waals surface area contributed by atoms with Gasteiger partial charge in [0.25, 0.3) is 0 Å². The lowest BCUT2D eigenvalue weighted by Gasteiger charge is -2.20. The Balaban J connectivity index is 2.19. The zero-order valence-corrected chi connectivity index (χ0v) is 19.1. The highest BCUT2D eigenvalue weighted by Gasteiger charge is 2.27. The molecule has 3 aromatic rings. The summed E-state index contributed by atoms with van der Waals surface area (Å²) in [7, 11) is -8.09. The number of benzene rings is 1. The van der Waals surface area contributed by atoms with Gasteiger partial charge in [0.2, 0.25) is 25.9 Å². The van der Waals surface area contributed by atoms with Gasteiger partial charge in [0, 0.05) is 23.2 Å². The molecule has 3 rings (SSSR count). The van der Waals surface area contributed by atoms with Gasteiger partial charge in [-0.3, -0.25) is 4.98 Å². The maximum Gasteiger partial charge on any atom is 0.245 e. The Morgan fingerprint density at radius 2 is 1.77 bits per heavy atom. The van der Waals surface area contributed by atoms with Crippen LogP contribution in [0.4, 0.5) is 5.69 Å². The first-order valence-electron chi connectivity index (χ1n) is 9.36. The minimum atomic E-state index is -4.04. The van der Waals surface area contributed by atoms with Crippen molar-refractivity contribution in [2.45, 2.75) is 33.2 Å². The molecule has 1 atom stereocenters. The molecule has 0 aliphatic heterocycles. The van der Waals surface area contributed by atoms with Gasteiger partial charge in [0.15, 0.2) is 0 Å². The minimum absolute atomic E-state index is 0.0112. The number of aromatic hydroxyl groups is 1. The number of aryl methyl sites for hydroxylation is 1. The van der Waals surface area contributed by atoms with E-state index < -0.39 is 20.0 Å². The molecule has 0 radical (unpaired) electrons. The first-order valence-corrected chi connectivity index (χ1v) is 13.1. The Labute approximate surface area is 176 Å². The molecule has 0 aliphatic rings. The van der Waals surface area contributed by atoms with E-state index in [0.29, 0.717) is 26.0 Å². The molecule has 0 spiro atoms. The van der Waals surface area contributed by atoms with Crippen molar-refractivity contribution in [3.05, 3.63) is 42.2 Å². The molecular formula is C20H25N3O5S2. The fraction of sp³-hybridized carbons (Fsp3) is 0.350. The van der Waals surface area contributed by atoms with Gasteiger partial charge >= 0.3 is 0 Å². The van der Waals surface area contributed by atoms with Crippen molar-refractivity contribution < 1.29 is 21.9 Å². The smallest absolute Gasteiger partial charge is 0.245 e. The van der Waals surface area contributed by atoms with Crippen molar-refractivity contribution >= 4 is 36.5 Å². The lowest BCUT2D eigenvalue weighted by Crippen LogP contribution is -2.35. The molecule has 8 nitrogen and oxygen atoms in total. The molecule has 0 amide bonds. The molecule has 1 aromatic carbocycles. The van der Waals surface area contributed by atoms with Gasteiger partial charge in [-0.05, 0) is 38.5 Å². The molecule has 1 N–H and O–H groups in total. The van der Waals surface area contributed by atoms with Gasteiger partial charge in [-0.2, -0.15) is 3.71 Å². The summed E-state index contributed by atoms with van der Waals surface area (Å²) in [5.74, 6) is 0.157. The number of sulfonamides is 2. The average Bonchev–Trinajstić information content (AvgIpc) is 2.96. The highest BCUT2D eigenvalue weighted by atomic mass is 32.3. The molecule has 2 heterocycles. The van der Waals surface area contributed by atoms with Gasteiger partial charge < -0.3 is 9.67 Å². The fourth-order valence-corrected chi connectivity index (χ4v) is 6.48. The lowest BCUT2D eigenvalue weighted by molar-refractivity contribution is 0.391. The summed E-state index contributed by atoms with van der Waals surface area (Å²) in [4.78, 5) is 4.56. The third-order valence-electron chi connectivity index (χ3n) is 5.00. The number of nitrogens with zero attached hydrogens (tertiary/aromatic N) is 3. The van der Waals surface area contributed by atoms with E-state index in [1.165, 1.54) is 12.1 Å². The number of anilines is 1. The molecule has 0 bridgehead atoms. The van der Waals surface area contributed by atoms with Crippen molar-refractivity contribution in [2.24, 2.45) is 0 Å². The Morgan fingerprint density at radius 3 is 2.33 bits per heavy atom. The topological polar surface area (TPSA) is 110 Å². The Bertz CT molecular complexity index is 1300. The summed E-state index contributed by atoms with van der Waals surface area (Å²) in [5, 5.41) is 12.1. The van der Waals surface area contributed by atoms with Crippen molar-refractivity contribution in [1.29, 1.82) is 0 Å². The molecule has 162 valence electrons. The Hall–Kier alpha value is -2.59. The summed E-state index contributed by atoms with van der Waals surface area (Å²) in [6.45, 7) is 5.83. The summed E-state index contributed by atoms with van der Waals surface area (Å²) < 4.78 is 50.6. The minimum Gasteiger partial charge on any atom is -0.494 e. The zero-order chi connectivity index (χ0) is 22.4. The van der Waals surface area contributed by atoms with Crippen LogP contribution in [-0.2, 0) is 20.0 Å². The summed E-state index contributed by atoms with van der Waals surface area (Å²) >= 11 is 0. The van der Waals surface area contributed by atoms with Gasteiger partial charge in [-0.15, -0.1) is 0 Å². The van der Waals surface area contributed by atoms with Crippen LogP contribution in [-0.4, -0.2) is 44.0 Å². The standard InChI is InChI=1S/C20H25N3O5S2/c1-6-13(2)22-12-16-11-18(21-14(3)19(16)20(22)24)15-8-7-9-17(10-15)23(29(4,25)26)30(5,27)28/h7-13,24H,6H2,1-5H3. The van der Waals surface area contributed by atoms with E-state index >= 15 is 0 Å². The highest BCUT2D eigenvalue weighted by molar-refractivity contribution is 8.09. The van der Waals surface area contributed by atoms with Gasteiger partial charge in [0.1, 0.15) is 0 Å². The van der Waals surface area contributed by atoms with Crippen molar-refractivity contribution in [3.8, 4) is 17.1 Å². The lowest BCUT2D eigenvalue weighted by atomic mass is 10.1. The predicted molar refractivity (Wildman–Crippen MR) is 119 cm³/mol. The normalized spacial score (nSPS) is 13.5. The first-order chi connectivity index (χ1) is 13.8. The van der Waals surface area contributed by atoms with Crippen LogP contribution in [0.15, 0.2) is 36.5 Å². The van der Waals surface area contributed by atoms with E-state index in [2.05, 4.69) is 4.98 Å². The van der Waals surface area contributed by atoms with E-state index in [9.17, 15) is 21.9 Å². The summed E-state index contributed by atoms with van der Waals surface area (Å²) in [6, 6.07) is 8.11. The van der Waals surface area contributed by atoms with Crippen LogP contribution < -0.4 is 3.71 Å². The second kappa shape index (κ2) is 7.59. The molecule has 30 heavy (non-hydrogen) atoms. The maximum atomic E-state index is 12.1. The van der Waals surface area contributed by atoms with Crippen LogP contribution in [0.25, 0.3) is 22.0 Å². The van der Waals surface area contributed by atoms with E-state index in [0.717, 1.165) is 24.3 Å². The second-order valence-electron chi connectivity index (χ2n) is 7.45. The van der Waals surface area contributed by atoms with Crippen LogP contribution in [0, 0.1) is 6.92 Å². The Morgan fingerprint density at radius 1 is 1.13 bits per heavy atom. The van der Waals surface area contributed by atoms with Gasteiger partial charge in [-0.25, -0.2) is 16.8 Å². The van der Waals surface area contributed by atoms with Crippen LogP contribution in [0.2, 0.25) is 0 Å². The number of aromatic nitrogens is 2. The Kier molecular flexibility index (Phi) is 5.59. The zero-order valence-electron chi connectivity index (χ0n) is 17.5. The molecule has 0 aliphatic carbocycles. The van der Waals surface area contributed by atoms with Crippen molar-refractivity contribution in [1.82, 2.24) is 9.55 Å². The van der Waals surface area contributed by atoms with Crippen molar-refractivity contribution in [3.63, 3.8) is 0 Å². The second-order valence-corrected chi connectivity index (χ2v) is 11.3. The highest BCUT2D eigenvalue weighted by Crippen LogP contribution is 2.35. The first kappa shape index (κ1) is 22.1. The average molecular weight is 452 g/mol. The van der Waals surface area contributed by atoms with Crippen LogP contribution in [0.3, 0.4) is 0 Å². The van der Waals surface area contributed by atoms with Crippen LogP contribution in [0.5, 0.6) is 5.88 Å². The molecular weight excluding hydrogens is 426 g/mol. The van der Waals surface area contributed by atoms with E-state index in [4.69, 9.17) is 0 Å². The molecule has 0 fully saturated rings. The molecule has 0 saturated heterocycles. The van der Waals surface area contributed by atoms with Crippen LogP contribution >= 0.6 is 0 Å². The number of fused-ring (bicyclic) bond motifs is 1. The number of pyridine rings is 1. The summed E-state index contributed by atoms with van der Waals surface area (Å²) in [6.07, 6.45) is 4.40. The van der Waals surface area contributed by atoms with Gasteiger partial charge in [-0.1, -0.05) is 19.1 Å². The third-order valence-corrected chi connectivity index (χ3v) is 8.25. The number of hydrogen-bond donors (Lipinski definition) is 1. The molecule has 1 unspecified atom stereocenters. The molecule has 10 heteroatoms. The molecule has 0 saturated carbocycles. The van der Waals surface area contributed by atoms with E-state index in [1.54, 1.807) is 29.7 Å². The third kappa shape index (κ3) is 4.01. The van der Waals surface area contributed by atoms with E-state index in [-0.39, 0.29) is 17.6 Å². The number of hydrogen-bond acceptors (Lipinski definition) is 6. The largest absolute Gasteiger partial charge is 0.494 e. The molecule has 2 aromatic heterocycles. The predicted octanol–water partition coefficient (Wildman–Crippen LogP) is 3.41. The summed E-state index contributed by atoms with van der Waals surface area (Å²) in [5.41, 5.74) is 1.74. The fourth-order valence-electron chi connectivity index (χ4n) is 3.52. The van der Waals surface area contributed by atoms with Crippen LogP contribution in [0.1, 0.15) is 32.0 Å².